The van der Waals surface area contributed by atoms with E-state index in [1.165, 1.54) is 6.07 Å². The van der Waals surface area contributed by atoms with Crippen LogP contribution in [0.2, 0.25) is 0 Å². The summed E-state index contributed by atoms with van der Waals surface area (Å²) < 4.78 is 0. The molecule has 19 heavy (non-hydrogen) atoms. The first-order chi connectivity index (χ1) is 9.01. The molecule has 1 aromatic rings. The van der Waals surface area contributed by atoms with Crippen LogP contribution in [-0.2, 0) is 11.2 Å². The van der Waals surface area contributed by atoms with Crippen LogP contribution < -0.4 is 10.6 Å². The molecule has 3 N–H and O–H groups in total. The summed E-state index contributed by atoms with van der Waals surface area (Å²) in [5, 5.41) is 25.6. The molecular formula is C12H15N3O4. The molecule has 0 fully saturated rings. The van der Waals surface area contributed by atoms with Crippen LogP contribution in [-0.4, -0.2) is 29.1 Å². The molecule has 1 atom stereocenters. The highest BCUT2D eigenvalue weighted by molar-refractivity contribution is 6.00. The number of hydrogen-bond donors (Lipinski definition) is 3. The summed E-state index contributed by atoms with van der Waals surface area (Å²) in [6.07, 6.45) is 0.170. The standard InChI is InChI=1S/C12H15N3O4/c1-7(6-16)5-13-10-4-9-8(3-12(17)14-9)2-11(10)15(18)19/h2,4,7,13,16H,3,5-6H2,1H3,(H,14,17). The Morgan fingerprint density at radius 2 is 2.32 bits per heavy atom. The molecule has 7 nitrogen and oxygen atoms in total. The lowest BCUT2D eigenvalue weighted by atomic mass is 10.1. The number of nitro benzene ring substituents is 1. The van der Waals surface area contributed by atoms with Crippen LogP contribution in [0.3, 0.4) is 0 Å². The van der Waals surface area contributed by atoms with Gasteiger partial charge in [0.2, 0.25) is 5.91 Å². The Kier molecular flexibility index (Phi) is 3.66. The van der Waals surface area contributed by atoms with Gasteiger partial charge in [0.15, 0.2) is 0 Å². The molecule has 0 spiro atoms. The molecule has 102 valence electrons. The Bertz CT molecular complexity index is 530. The fourth-order valence-corrected chi connectivity index (χ4v) is 1.90. The van der Waals surface area contributed by atoms with Crippen LogP contribution in [0.15, 0.2) is 12.1 Å². The number of hydrogen-bond acceptors (Lipinski definition) is 5. The zero-order valence-corrected chi connectivity index (χ0v) is 10.5. The average Bonchev–Trinajstić information content (AvgIpc) is 2.73. The van der Waals surface area contributed by atoms with Crippen LogP contribution in [0, 0.1) is 16.0 Å². The van der Waals surface area contributed by atoms with E-state index in [2.05, 4.69) is 10.6 Å². The van der Waals surface area contributed by atoms with Crippen molar-refractivity contribution in [1.29, 1.82) is 0 Å². The summed E-state index contributed by atoms with van der Waals surface area (Å²) in [5.41, 5.74) is 1.54. The van der Waals surface area contributed by atoms with Gasteiger partial charge in [0, 0.05) is 24.9 Å². The van der Waals surface area contributed by atoms with Gasteiger partial charge in [-0.15, -0.1) is 0 Å². The molecule has 0 aliphatic carbocycles. The summed E-state index contributed by atoms with van der Waals surface area (Å²) in [6.45, 7) is 2.25. The minimum atomic E-state index is -0.477. The van der Waals surface area contributed by atoms with Crippen LogP contribution in [0.5, 0.6) is 0 Å². The molecule has 0 saturated carbocycles. The topological polar surface area (TPSA) is 104 Å². The van der Waals surface area contributed by atoms with E-state index in [-0.39, 0.29) is 30.5 Å². The van der Waals surface area contributed by atoms with E-state index in [9.17, 15) is 14.9 Å². The summed E-state index contributed by atoms with van der Waals surface area (Å²) in [7, 11) is 0. The van der Waals surface area contributed by atoms with Gasteiger partial charge in [0.05, 0.1) is 11.3 Å². The molecule has 1 unspecified atom stereocenters. The van der Waals surface area contributed by atoms with Crippen molar-refractivity contribution < 1.29 is 14.8 Å². The average molecular weight is 265 g/mol. The van der Waals surface area contributed by atoms with E-state index in [0.717, 1.165) is 0 Å². The molecule has 1 amide bonds. The third kappa shape index (κ3) is 2.82. The quantitative estimate of drug-likeness (QED) is 0.546. The molecule has 1 aromatic carbocycles. The molecule has 0 aromatic heterocycles. The first-order valence-corrected chi connectivity index (χ1v) is 5.97. The zero-order valence-electron chi connectivity index (χ0n) is 10.5. The van der Waals surface area contributed by atoms with Gasteiger partial charge < -0.3 is 15.7 Å². The van der Waals surface area contributed by atoms with Gasteiger partial charge in [-0.1, -0.05) is 6.92 Å². The first-order valence-electron chi connectivity index (χ1n) is 5.97. The van der Waals surface area contributed by atoms with Gasteiger partial charge in [-0.3, -0.25) is 14.9 Å². The highest BCUT2D eigenvalue weighted by Crippen LogP contribution is 2.34. The van der Waals surface area contributed by atoms with Crippen molar-refractivity contribution in [2.75, 3.05) is 23.8 Å². The number of aliphatic hydroxyl groups excluding tert-OH is 1. The van der Waals surface area contributed by atoms with Crippen molar-refractivity contribution in [2.45, 2.75) is 13.3 Å². The summed E-state index contributed by atoms with van der Waals surface area (Å²) in [4.78, 5) is 21.8. The smallest absolute Gasteiger partial charge is 0.292 e. The number of rotatable bonds is 5. The number of carbonyl (C=O) groups excluding carboxylic acids is 1. The number of carbonyl (C=O) groups is 1. The molecule has 1 heterocycles. The van der Waals surface area contributed by atoms with E-state index in [1.54, 1.807) is 6.07 Å². The normalized spacial score (nSPS) is 14.7. The number of nitrogens with zero attached hydrogens (tertiary/aromatic N) is 1. The number of anilines is 2. The van der Waals surface area contributed by atoms with Gasteiger partial charge in [-0.2, -0.15) is 0 Å². The van der Waals surface area contributed by atoms with Crippen LogP contribution in [0.4, 0.5) is 17.1 Å². The fraction of sp³-hybridized carbons (Fsp3) is 0.417. The Morgan fingerprint density at radius 3 is 2.95 bits per heavy atom. The Hall–Kier alpha value is -2.15. The largest absolute Gasteiger partial charge is 0.396 e. The number of benzene rings is 1. The third-order valence-electron chi connectivity index (χ3n) is 3.00. The molecule has 1 aliphatic heterocycles. The van der Waals surface area contributed by atoms with Crippen LogP contribution in [0.25, 0.3) is 0 Å². The highest BCUT2D eigenvalue weighted by Gasteiger charge is 2.24. The van der Waals surface area contributed by atoms with Crippen molar-refractivity contribution in [1.82, 2.24) is 0 Å². The van der Waals surface area contributed by atoms with Gasteiger partial charge in [-0.05, 0) is 17.5 Å². The van der Waals surface area contributed by atoms with E-state index < -0.39 is 4.92 Å². The Balaban J connectivity index is 2.28. The lowest BCUT2D eigenvalue weighted by Gasteiger charge is -2.12. The van der Waals surface area contributed by atoms with Crippen LogP contribution in [0.1, 0.15) is 12.5 Å². The van der Waals surface area contributed by atoms with Crippen molar-refractivity contribution in [3.63, 3.8) is 0 Å². The number of fused-ring (bicyclic) bond motifs is 1. The van der Waals surface area contributed by atoms with Crippen molar-refractivity contribution in [3.05, 3.63) is 27.8 Å². The molecule has 0 bridgehead atoms. The maximum absolute atomic E-state index is 11.3. The van der Waals surface area contributed by atoms with Crippen molar-refractivity contribution in [2.24, 2.45) is 5.92 Å². The summed E-state index contributed by atoms with van der Waals surface area (Å²) in [6, 6.07) is 2.99. The van der Waals surface area contributed by atoms with Gasteiger partial charge >= 0.3 is 0 Å². The van der Waals surface area contributed by atoms with Crippen LogP contribution >= 0.6 is 0 Å². The Labute approximate surface area is 109 Å². The number of nitro groups is 1. The zero-order chi connectivity index (χ0) is 14.0. The highest BCUT2D eigenvalue weighted by atomic mass is 16.6. The molecule has 0 saturated heterocycles. The minimum Gasteiger partial charge on any atom is -0.396 e. The van der Waals surface area contributed by atoms with Gasteiger partial charge in [0.1, 0.15) is 5.69 Å². The minimum absolute atomic E-state index is 0.00245. The number of aliphatic hydroxyl groups is 1. The predicted octanol–water partition coefficient (Wildman–Crippen LogP) is 1.13. The summed E-state index contributed by atoms with van der Waals surface area (Å²) in [5.74, 6) is -0.173. The van der Waals surface area contributed by atoms with Crippen molar-refractivity contribution >= 4 is 23.0 Å². The predicted molar refractivity (Wildman–Crippen MR) is 70.2 cm³/mol. The summed E-state index contributed by atoms with van der Waals surface area (Å²) >= 11 is 0. The second-order valence-corrected chi connectivity index (χ2v) is 4.68. The maximum Gasteiger partial charge on any atom is 0.292 e. The molecule has 7 heteroatoms. The second kappa shape index (κ2) is 5.23. The molecular weight excluding hydrogens is 250 g/mol. The SMILES string of the molecule is CC(CO)CNc1cc2c(cc1[N+](=O)[O-])CC(=O)N2. The number of nitrogens with one attached hydrogen (secondary N) is 2. The maximum atomic E-state index is 11.3. The Morgan fingerprint density at radius 1 is 1.58 bits per heavy atom. The lowest BCUT2D eigenvalue weighted by Crippen LogP contribution is -2.15. The van der Waals surface area contributed by atoms with E-state index in [0.29, 0.717) is 23.5 Å². The van der Waals surface area contributed by atoms with Crippen molar-refractivity contribution in [3.8, 4) is 0 Å². The van der Waals surface area contributed by atoms with Gasteiger partial charge in [-0.25, -0.2) is 0 Å². The number of amides is 1. The lowest BCUT2D eigenvalue weighted by molar-refractivity contribution is -0.384. The van der Waals surface area contributed by atoms with Gasteiger partial charge in [0.25, 0.3) is 5.69 Å². The van der Waals surface area contributed by atoms with E-state index >= 15 is 0 Å². The van der Waals surface area contributed by atoms with E-state index in [4.69, 9.17) is 5.11 Å². The molecule has 1 aliphatic rings. The second-order valence-electron chi connectivity index (χ2n) is 4.68. The molecule has 0 radical (unpaired) electrons. The monoisotopic (exact) mass is 265 g/mol. The fourth-order valence-electron chi connectivity index (χ4n) is 1.90. The van der Waals surface area contributed by atoms with E-state index in [1.807, 2.05) is 6.92 Å². The first kappa shape index (κ1) is 13.3. The third-order valence-corrected chi connectivity index (χ3v) is 3.00. The molecule has 2 rings (SSSR count).